The second-order valence-corrected chi connectivity index (χ2v) is 13.9. The number of aryl methyl sites for hydroxylation is 1. The number of fused-ring (bicyclic) bond motifs is 1. The highest BCUT2D eigenvalue weighted by atomic mass is 32.2. The number of carbonyl (C=O) groups excluding carboxylic acids is 1. The first kappa shape index (κ1) is 25.4. The van der Waals surface area contributed by atoms with E-state index in [1.807, 2.05) is 18.3 Å². The molecule has 9 heteroatoms. The van der Waals surface area contributed by atoms with Gasteiger partial charge in [0, 0.05) is 29.5 Å². The number of pyridine rings is 1. The SMILES string of the molecule is COc1cc(CC(C)(C)C)cc(-c2cn(C)c(=O)c3cc(C(=O)NC4CCS(=O)(=O)CC4)sc23)c1. The summed E-state index contributed by atoms with van der Waals surface area (Å²) in [6.45, 7) is 6.55. The third-order valence-corrected chi connectivity index (χ3v) is 9.09. The number of hydrogen-bond acceptors (Lipinski definition) is 6. The molecule has 0 unspecified atom stereocenters. The van der Waals surface area contributed by atoms with Crippen LogP contribution < -0.4 is 15.6 Å². The van der Waals surface area contributed by atoms with Crippen molar-refractivity contribution in [3.63, 3.8) is 0 Å². The maximum Gasteiger partial charge on any atom is 0.261 e. The lowest BCUT2D eigenvalue weighted by Gasteiger charge is -2.22. The third kappa shape index (κ3) is 5.78. The largest absolute Gasteiger partial charge is 0.497 e. The topological polar surface area (TPSA) is 94.5 Å². The van der Waals surface area contributed by atoms with Gasteiger partial charge in [-0.15, -0.1) is 11.3 Å². The lowest BCUT2D eigenvalue weighted by atomic mass is 9.87. The summed E-state index contributed by atoms with van der Waals surface area (Å²) in [5.74, 6) is 0.636. The molecule has 35 heavy (non-hydrogen) atoms. The first-order valence-corrected chi connectivity index (χ1v) is 14.3. The van der Waals surface area contributed by atoms with E-state index in [0.29, 0.717) is 23.1 Å². The van der Waals surface area contributed by atoms with E-state index < -0.39 is 9.84 Å². The summed E-state index contributed by atoms with van der Waals surface area (Å²) in [7, 11) is 0.342. The summed E-state index contributed by atoms with van der Waals surface area (Å²) in [4.78, 5) is 26.4. The highest BCUT2D eigenvalue weighted by Gasteiger charge is 2.26. The number of amides is 1. The first-order chi connectivity index (χ1) is 16.3. The van der Waals surface area contributed by atoms with Crippen LogP contribution in [0.3, 0.4) is 0 Å². The van der Waals surface area contributed by atoms with E-state index in [4.69, 9.17) is 4.74 Å². The van der Waals surface area contributed by atoms with Gasteiger partial charge in [0.05, 0.1) is 28.9 Å². The fourth-order valence-electron chi connectivity index (χ4n) is 4.51. The molecular formula is C26H32N2O5S2. The molecule has 3 aromatic rings. The Morgan fingerprint density at radius 1 is 1.17 bits per heavy atom. The average molecular weight is 517 g/mol. The number of benzene rings is 1. The van der Waals surface area contributed by atoms with Crippen molar-refractivity contribution in [2.75, 3.05) is 18.6 Å². The Kier molecular flexibility index (Phi) is 6.85. The third-order valence-electron chi connectivity index (χ3n) is 6.21. The van der Waals surface area contributed by atoms with Crippen LogP contribution in [0.25, 0.3) is 21.2 Å². The normalized spacial score (nSPS) is 16.4. The molecule has 0 radical (unpaired) electrons. The zero-order valence-electron chi connectivity index (χ0n) is 20.8. The number of nitrogens with zero attached hydrogens (tertiary/aromatic N) is 1. The minimum Gasteiger partial charge on any atom is -0.497 e. The summed E-state index contributed by atoms with van der Waals surface area (Å²) in [5.41, 5.74) is 2.85. The molecule has 1 fully saturated rings. The van der Waals surface area contributed by atoms with Gasteiger partial charge in [-0.25, -0.2) is 8.42 Å². The van der Waals surface area contributed by atoms with Crippen molar-refractivity contribution in [2.45, 2.75) is 46.1 Å². The highest BCUT2D eigenvalue weighted by molar-refractivity contribution is 7.91. The lowest BCUT2D eigenvalue weighted by Crippen LogP contribution is -2.40. The van der Waals surface area contributed by atoms with E-state index in [1.54, 1.807) is 24.8 Å². The predicted molar refractivity (Wildman–Crippen MR) is 141 cm³/mol. The molecular weight excluding hydrogens is 484 g/mol. The summed E-state index contributed by atoms with van der Waals surface area (Å²) in [5, 5.41) is 3.45. The molecule has 7 nitrogen and oxygen atoms in total. The summed E-state index contributed by atoms with van der Waals surface area (Å²) >= 11 is 1.29. The molecule has 0 saturated carbocycles. The van der Waals surface area contributed by atoms with Crippen molar-refractivity contribution in [3.05, 3.63) is 51.3 Å². The van der Waals surface area contributed by atoms with E-state index in [-0.39, 0.29) is 34.4 Å². The number of nitrogens with one attached hydrogen (secondary N) is 1. The zero-order valence-corrected chi connectivity index (χ0v) is 22.4. The van der Waals surface area contributed by atoms with Crippen LogP contribution in [0.2, 0.25) is 0 Å². The summed E-state index contributed by atoms with van der Waals surface area (Å²) in [6.07, 6.45) is 3.49. The van der Waals surface area contributed by atoms with Crippen LogP contribution in [0.15, 0.2) is 35.3 Å². The molecule has 2 aromatic heterocycles. The molecule has 1 amide bonds. The second-order valence-electron chi connectivity index (χ2n) is 10.5. The van der Waals surface area contributed by atoms with Gasteiger partial charge in [-0.1, -0.05) is 26.8 Å². The highest BCUT2D eigenvalue weighted by Crippen LogP contribution is 2.36. The van der Waals surface area contributed by atoms with Gasteiger partial charge >= 0.3 is 0 Å². The van der Waals surface area contributed by atoms with Crippen LogP contribution in [0.1, 0.15) is 48.8 Å². The van der Waals surface area contributed by atoms with E-state index in [0.717, 1.165) is 33.6 Å². The van der Waals surface area contributed by atoms with Gasteiger partial charge in [0.15, 0.2) is 0 Å². The molecule has 1 N–H and O–H groups in total. The van der Waals surface area contributed by atoms with Crippen molar-refractivity contribution in [3.8, 4) is 16.9 Å². The molecule has 1 saturated heterocycles. The van der Waals surface area contributed by atoms with Crippen molar-refractivity contribution >= 4 is 37.2 Å². The van der Waals surface area contributed by atoms with Gasteiger partial charge < -0.3 is 14.6 Å². The number of sulfone groups is 1. The summed E-state index contributed by atoms with van der Waals surface area (Å²) < 4.78 is 31.3. The Hall–Kier alpha value is -2.65. The fraction of sp³-hybridized carbons (Fsp3) is 0.462. The molecule has 0 aliphatic carbocycles. The second kappa shape index (κ2) is 9.43. The average Bonchev–Trinajstić information content (AvgIpc) is 3.22. The minimum absolute atomic E-state index is 0.0851. The Morgan fingerprint density at radius 3 is 2.49 bits per heavy atom. The Balaban J connectivity index is 1.74. The van der Waals surface area contributed by atoms with Crippen LogP contribution in [-0.2, 0) is 23.3 Å². The maximum atomic E-state index is 13.0. The molecule has 1 aliphatic heterocycles. The van der Waals surface area contributed by atoms with Gasteiger partial charge in [-0.2, -0.15) is 0 Å². The molecule has 1 aromatic carbocycles. The Labute approximate surface area is 210 Å². The van der Waals surface area contributed by atoms with Gasteiger partial charge in [0.2, 0.25) is 0 Å². The Bertz CT molecular complexity index is 1430. The monoisotopic (exact) mass is 516 g/mol. The van der Waals surface area contributed by atoms with Gasteiger partial charge in [-0.3, -0.25) is 9.59 Å². The van der Waals surface area contributed by atoms with E-state index in [2.05, 4.69) is 32.2 Å². The van der Waals surface area contributed by atoms with Crippen LogP contribution in [-0.4, -0.2) is 43.5 Å². The number of methoxy groups -OCH3 is 1. The van der Waals surface area contributed by atoms with Crippen molar-refractivity contribution in [2.24, 2.45) is 12.5 Å². The number of thiophene rings is 1. The van der Waals surface area contributed by atoms with E-state index in [1.165, 1.54) is 11.3 Å². The smallest absolute Gasteiger partial charge is 0.261 e. The lowest BCUT2D eigenvalue weighted by molar-refractivity contribution is 0.0938. The van der Waals surface area contributed by atoms with Crippen LogP contribution >= 0.6 is 11.3 Å². The minimum atomic E-state index is -3.01. The number of ether oxygens (including phenoxy) is 1. The molecule has 188 valence electrons. The number of aromatic nitrogens is 1. The predicted octanol–water partition coefficient (Wildman–Crippen LogP) is 4.17. The maximum absolute atomic E-state index is 13.0. The molecule has 0 spiro atoms. The van der Waals surface area contributed by atoms with Gasteiger partial charge in [-0.05, 0) is 54.0 Å². The summed E-state index contributed by atoms with van der Waals surface area (Å²) in [6, 6.07) is 7.57. The first-order valence-electron chi connectivity index (χ1n) is 11.7. The number of carbonyl (C=O) groups is 1. The fourth-order valence-corrected chi connectivity index (χ4v) is 7.08. The quantitative estimate of drug-likeness (QED) is 0.549. The van der Waals surface area contributed by atoms with Gasteiger partial charge in [0.25, 0.3) is 11.5 Å². The molecule has 4 rings (SSSR count). The molecule has 0 atom stereocenters. The van der Waals surface area contributed by atoms with Gasteiger partial charge in [0.1, 0.15) is 15.6 Å². The van der Waals surface area contributed by atoms with Crippen molar-refractivity contribution in [1.29, 1.82) is 0 Å². The number of rotatable bonds is 5. The van der Waals surface area contributed by atoms with Crippen molar-refractivity contribution in [1.82, 2.24) is 9.88 Å². The molecule has 3 heterocycles. The van der Waals surface area contributed by atoms with Crippen molar-refractivity contribution < 1.29 is 17.9 Å². The Morgan fingerprint density at radius 2 is 1.86 bits per heavy atom. The van der Waals surface area contributed by atoms with E-state index >= 15 is 0 Å². The zero-order chi connectivity index (χ0) is 25.5. The van der Waals surface area contributed by atoms with E-state index in [9.17, 15) is 18.0 Å². The van der Waals surface area contributed by atoms with Crippen LogP contribution in [0.4, 0.5) is 0 Å². The van der Waals surface area contributed by atoms with Crippen LogP contribution in [0.5, 0.6) is 5.75 Å². The molecule has 0 bridgehead atoms. The standard InChI is InChI=1S/C26H32N2O5S2/c1-26(2,3)14-16-10-17(12-19(11-16)33-5)21-15-28(4)25(30)20-13-22(34-23(20)21)24(29)27-18-6-8-35(31,32)9-7-18/h10-13,15,18H,6-9,14H2,1-5H3,(H,27,29). The molecule has 1 aliphatic rings. The number of hydrogen-bond donors (Lipinski definition) is 1. The van der Waals surface area contributed by atoms with Crippen LogP contribution in [0, 0.1) is 5.41 Å².